The molecule has 0 saturated heterocycles. The molecule has 1 aromatic carbocycles. The summed E-state index contributed by atoms with van der Waals surface area (Å²) in [5, 5.41) is 3.56. The van der Waals surface area contributed by atoms with E-state index in [1.54, 1.807) is 12.1 Å². The molecule has 1 nitrogen and oxygen atoms in total. The molecule has 0 amide bonds. The number of hydrogen-bond acceptors (Lipinski definition) is 1. The zero-order chi connectivity index (χ0) is 13.5. The van der Waals surface area contributed by atoms with Gasteiger partial charge in [-0.05, 0) is 42.6 Å². The van der Waals surface area contributed by atoms with Crippen LogP contribution in [0.1, 0.15) is 51.6 Å². The fraction of sp³-hybridized carbons (Fsp3) is 0.600. The number of halogens is 2. The quantitative estimate of drug-likeness (QED) is 0.741. The first-order valence-electron chi connectivity index (χ1n) is 6.82. The van der Waals surface area contributed by atoms with Gasteiger partial charge in [-0.25, -0.2) is 4.39 Å². The second kappa shape index (κ2) is 7.90. The Bertz CT molecular complexity index is 364. The van der Waals surface area contributed by atoms with Crippen molar-refractivity contribution >= 4 is 15.9 Å². The summed E-state index contributed by atoms with van der Waals surface area (Å²) < 4.78 is 14.4. The summed E-state index contributed by atoms with van der Waals surface area (Å²) in [6.07, 6.45) is 3.28. The molecule has 0 saturated carbocycles. The molecule has 1 atom stereocenters. The monoisotopic (exact) mass is 315 g/mol. The highest BCUT2D eigenvalue weighted by atomic mass is 79.9. The molecule has 0 bridgehead atoms. The Morgan fingerprint density at radius 1 is 1.22 bits per heavy atom. The molecule has 1 N–H and O–H groups in total. The molecule has 0 radical (unpaired) electrons. The first-order chi connectivity index (χ1) is 8.63. The lowest BCUT2D eigenvalue weighted by Gasteiger charge is -2.28. The van der Waals surface area contributed by atoms with Crippen molar-refractivity contribution in [2.75, 3.05) is 6.54 Å². The Hall–Kier alpha value is -0.410. The molecular formula is C15H23BrFN. The van der Waals surface area contributed by atoms with E-state index in [0.717, 1.165) is 35.8 Å². The molecule has 18 heavy (non-hydrogen) atoms. The lowest BCUT2D eigenvalue weighted by atomic mass is 9.88. The van der Waals surface area contributed by atoms with Crippen LogP contribution in [0.2, 0.25) is 0 Å². The molecule has 1 aromatic rings. The molecule has 0 aliphatic rings. The summed E-state index contributed by atoms with van der Waals surface area (Å²) in [4.78, 5) is 0. The summed E-state index contributed by atoms with van der Waals surface area (Å²) in [5.74, 6) is 0.372. The number of nitrogens with one attached hydrogen (secondary N) is 1. The van der Waals surface area contributed by atoms with Crippen molar-refractivity contribution in [3.63, 3.8) is 0 Å². The minimum absolute atomic E-state index is 0.164. The van der Waals surface area contributed by atoms with E-state index in [2.05, 4.69) is 42.0 Å². The second-order valence-corrected chi connectivity index (χ2v) is 5.53. The third-order valence-electron chi connectivity index (χ3n) is 3.43. The molecule has 0 aliphatic carbocycles. The Kier molecular flexibility index (Phi) is 6.87. The van der Waals surface area contributed by atoms with Crippen LogP contribution in [0.4, 0.5) is 4.39 Å². The summed E-state index contributed by atoms with van der Waals surface area (Å²) in [5.41, 5.74) is 1.04. The Balaban J connectivity index is 3.03. The summed E-state index contributed by atoms with van der Waals surface area (Å²) >= 11 is 3.54. The highest BCUT2D eigenvalue weighted by molar-refractivity contribution is 9.10. The number of benzene rings is 1. The van der Waals surface area contributed by atoms with Gasteiger partial charge in [-0.2, -0.15) is 0 Å². The van der Waals surface area contributed by atoms with Crippen LogP contribution in [0.3, 0.4) is 0 Å². The van der Waals surface area contributed by atoms with Gasteiger partial charge in [0.1, 0.15) is 5.82 Å². The van der Waals surface area contributed by atoms with Crippen molar-refractivity contribution in [1.82, 2.24) is 5.32 Å². The van der Waals surface area contributed by atoms with Crippen molar-refractivity contribution in [2.45, 2.75) is 46.1 Å². The van der Waals surface area contributed by atoms with Gasteiger partial charge in [-0.1, -0.05) is 49.5 Å². The van der Waals surface area contributed by atoms with E-state index in [1.807, 2.05) is 0 Å². The van der Waals surface area contributed by atoms with Gasteiger partial charge in [0.05, 0.1) is 0 Å². The highest BCUT2D eigenvalue weighted by Gasteiger charge is 2.22. The average Bonchev–Trinajstić information content (AvgIpc) is 2.38. The molecule has 0 heterocycles. The SMILES string of the molecule is CCCNC(c1cc(F)ccc1Br)C(CC)CC. The highest BCUT2D eigenvalue weighted by Crippen LogP contribution is 2.32. The van der Waals surface area contributed by atoms with Crippen molar-refractivity contribution in [3.05, 3.63) is 34.1 Å². The van der Waals surface area contributed by atoms with Gasteiger partial charge in [-0.3, -0.25) is 0 Å². The van der Waals surface area contributed by atoms with E-state index in [-0.39, 0.29) is 11.9 Å². The van der Waals surface area contributed by atoms with E-state index < -0.39 is 0 Å². The first-order valence-corrected chi connectivity index (χ1v) is 7.61. The van der Waals surface area contributed by atoms with Crippen LogP contribution in [-0.4, -0.2) is 6.54 Å². The van der Waals surface area contributed by atoms with E-state index in [1.165, 1.54) is 6.07 Å². The van der Waals surface area contributed by atoms with Crippen LogP contribution in [0, 0.1) is 11.7 Å². The molecule has 0 fully saturated rings. The zero-order valence-electron chi connectivity index (χ0n) is 11.5. The molecule has 1 unspecified atom stereocenters. The van der Waals surface area contributed by atoms with E-state index in [0.29, 0.717) is 5.92 Å². The smallest absolute Gasteiger partial charge is 0.123 e. The van der Waals surface area contributed by atoms with Crippen LogP contribution in [0.5, 0.6) is 0 Å². The molecule has 3 heteroatoms. The van der Waals surface area contributed by atoms with Gasteiger partial charge >= 0.3 is 0 Å². The predicted octanol–water partition coefficient (Wildman–Crippen LogP) is 5.07. The second-order valence-electron chi connectivity index (χ2n) is 4.67. The van der Waals surface area contributed by atoms with Gasteiger partial charge in [0.2, 0.25) is 0 Å². The van der Waals surface area contributed by atoms with Gasteiger partial charge in [0, 0.05) is 10.5 Å². The number of hydrogen-bond donors (Lipinski definition) is 1. The zero-order valence-corrected chi connectivity index (χ0v) is 13.1. The largest absolute Gasteiger partial charge is 0.310 e. The summed E-state index contributed by atoms with van der Waals surface area (Å²) in [6.45, 7) is 7.51. The van der Waals surface area contributed by atoms with E-state index in [4.69, 9.17) is 0 Å². The van der Waals surface area contributed by atoms with Crippen LogP contribution in [0.15, 0.2) is 22.7 Å². The maximum atomic E-state index is 13.5. The van der Waals surface area contributed by atoms with E-state index >= 15 is 0 Å². The van der Waals surface area contributed by atoms with Gasteiger partial charge in [0.15, 0.2) is 0 Å². The van der Waals surface area contributed by atoms with Crippen molar-refractivity contribution in [3.8, 4) is 0 Å². The molecule has 1 rings (SSSR count). The summed E-state index contributed by atoms with van der Waals surface area (Å²) in [6, 6.07) is 5.17. The predicted molar refractivity (Wildman–Crippen MR) is 79.2 cm³/mol. The number of rotatable bonds is 7. The average molecular weight is 316 g/mol. The lowest BCUT2D eigenvalue weighted by Crippen LogP contribution is -2.29. The lowest BCUT2D eigenvalue weighted by molar-refractivity contribution is 0.339. The van der Waals surface area contributed by atoms with Crippen LogP contribution in [-0.2, 0) is 0 Å². The maximum Gasteiger partial charge on any atom is 0.123 e. The standard InChI is InChI=1S/C15H23BrFN/c1-4-9-18-15(11(5-2)6-3)13-10-12(17)7-8-14(13)16/h7-8,10-11,15,18H,4-6,9H2,1-3H3. The fourth-order valence-corrected chi connectivity index (χ4v) is 2.84. The van der Waals surface area contributed by atoms with Gasteiger partial charge in [0.25, 0.3) is 0 Å². The van der Waals surface area contributed by atoms with Gasteiger partial charge < -0.3 is 5.32 Å². The summed E-state index contributed by atoms with van der Waals surface area (Å²) in [7, 11) is 0. The third kappa shape index (κ3) is 4.06. The van der Waals surface area contributed by atoms with Crippen molar-refractivity contribution in [2.24, 2.45) is 5.92 Å². The Morgan fingerprint density at radius 3 is 2.44 bits per heavy atom. The molecular weight excluding hydrogens is 293 g/mol. The van der Waals surface area contributed by atoms with Gasteiger partial charge in [-0.15, -0.1) is 0 Å². The molecule has 0 spiro atoms. The minimum atomic E-state index is -0.164. The maximum absolute atomic E-state index is 13.5. The fourth-order valence-electron chi connectivity index (χ4n) is 2.34. The van der Waals surface area contributed by atoms with Crippen LogP contribution < -0.4 is 5.32 Å². The molecule has 102 valence electrons. The normalized spacial score (nSPS) is 13.0. The third-order valence-corrected chi connectivity index (χ3v) is 4.15. The minimum Gasteiger partial charge on any atom is -0.310 e. The topological polar surface area (TPSA) is 12.0 Å². The van der Waals surface area contributed by atoms with Crippen molar-refractivity contribution in [1.29, 1.82) is 0 Å². The first kappa shape index (κ1) is 15.6. The van der Waals surface area contributed by atoms with Crippen molar-refractivity contribution < 1.29 is 4.39 Å². The molecule has 0 aromatic heterocycles. The van der Waals surface area contributed by atoms with Crippen LogP contribution in [0.25, 0.3) is 0 Å². The van der Waals surface area contributed by atoms with Crippen LogP contribution >= 0.6 is 15.9 Å². The van der Waals surface area contributed by atoms with E-state index in [9.17, 15) is 4.39 Å². The Labute approximate surface area is 118 Å². The Morgan fingerprint density at radius 2 is 1.89 bits per heavy atom. The molecule has 0 aliphatic heterocycles.